The quantitative estimate of drug-likeness (QED) is 0.154. The molecule has 0 aliphatic carbocycles. The molecule has 0 bridgehead atoms. The van der Waals surface area contributed by atoms with Crippen molar-refractivity contribution in [2.75, 3.05) is 13.2 Å². The summed E-state index contributed by atoms with van der Waals surface area (Å²) in [7, 11) is 0. The summed E-state index contributed by atoms with van der Waals surface area (Å²) in [5.41, 5.74) is 6.46. The lowest BCUT2D eigenvalue weighted by Gasteiger charge is -2.20. The van der Waals surface area contributed by atoms with Crippen LogP contribution in [0.4, 0.5) is 0 Å². The molecule has 0 fully saturated rings. The van der Waals surface area contributed by atoms with Crippen LogP contribution in [0.1, 0.15) is 18.4 Å². The molecule has 9 N–H and O–H groups in total. The lowest BCUT2D eigenvalue weighted by Crippen LogP contribution is -2.55. The highest BCUT2D eigenvalue weighted by Crippen LogP contribution is 2.10. The summed E-state index contributed by atoms with van der Waals surface area (Å²) in [4.78, 5) is 57.9. The molecule has 3 unspecified atom stereocenters. The molecule has 0 aromatic heterocycles. The van der Waals surface area contributed by atoms with Gasteiger partial charge in [-0.25, -0.2) is 4.79 Å². The first-order valence-electron chi connectivity index (χ1n) is 9.49. The summed E-state index contributed by atoms with van der Waals surface area (Å²) in [6.45, 7) is -1.43. The van der Waals surface area contributed by atoms with Crippen LogP contribution in [0.15, 0.2) is 24.3 Å². The Morgan fingerprint density at radius 2 is 1.56 bits per heavy atom. The maximum atomic E-state index is 12.1. The highest BCUT2D eigenvalue weighted by molar-refractivity contribution is 5.92. The molecule has 13 heteroatoms. The zero-order valence-electron chi connectivity index (χ0n) is 17.0. The molecule has 1 aromatic carbocycles. The van der Waals surface area contributed by atoms with Crippen LogP contribution < -0.4 is 21.7 Å². The van der Waals surface area contributed by atoms with Crippen LogP contribution in [0.5, 0.6) is 5.75 Å². The molecular formula is C19H26N4O9. The Hall–Kier alpha value is -3.71. The van der Waals surface area contributed by atoms with Crippen molar-refractivity contribution in [2.24, 2.45) is 5.73 Å². The number of aromatic hydroxyl groups is 1. The van der Waals surface area contributed by atoms with E-state index < -0.39 is 73.8 Å². The lowest BCUT2D eigenvalue weighted by molar-refractivity contribution is -0.143. The monoisotopic (exact) mass is 454 g/mol. The van der Waals surface area contributed by atoms with Gasteiger partial charge in [0.15, 0.2) is 0 Å². The van der Waals surface area contributed by atoms with Crippen LogP contribution in [0.3, 0.4) is 0 Å². The summed E-state index contributed by atoms with van der Waals surface area (Å²) in [6.07, 6.45) is -0.760. The molecule has 0 saturated heterocycles. The average molecular weight is 454 g/mol. The number of carboxylic acid groups (broad SMARTS) is 2. The van der Waals surface area contributed by atoms with Gasteiger partial charge >= 0.3 is 11.9 Å². The van der Waals surface area contributed by atoms with Crippen LogP contribution in [0.25, 0.3) is 0 Å². The number of aliphatic hydroxyl groups excluding tert-OH is 1. The Balaban J connectivity index is 2.52. The molecule has 3 amide bonds. The van der Waals surface area contributed by atoms with Gasteiger partial charge in [0.1, 0.15) is 17.8 Å². The number of carboxylic acids is 2. The van der Waals surface area contributed by atoms with Gasteiger partial charge in [-0.3, -0.25) is 19.2 Å². The number of hydrogen-bond donors (Lipinski definition) is 8. The van der Waals surface area contributed by atoms with Gasteiger partial charge in [-0.15, -0.1) is 0 Å². The number of carbonyl (C=O) groups is 5. The number of aliphatic carboxylic acids is 2. The van der Waals surface area contributed by atoms with Crippen LogP contribution >= 0.6 is 0 Å². The van der Waals surface area contributed by atoms with E-state index in [9.17, 15) is 34.2 Å². The second-order valence-corrected chi connectivity index (χ2v) is 6.83. The molecule has 0 spiro atoms. The first-order chi connectivity index (χ1) is 15.0. The van der Waals surface area contributed by atoms with Crippen molar-refractivity contribution in [1.29, 1.82) is 0 Å². The minimum atomic E-state index is -1.53. The zero-order chi connectivity index (χ0) is 24.3. The number of phenols is 1. The van der Waals surface area contributed by atoms with Crippen LogP contribution in [0, 0.1) is 0 Å². The van der Waals surface area contributed by atoms with E-state index >= 15 is 0 Å². The van der Waals surface area contributed by atoms with E-state index in [1.165, 1.54) is 12.1 Å². The Morgan fingerprint density at radius 1 is 0.938 bits per heavy atom. The third kappa shape index (κ3) is 9.40. The van der Waals surface area contributed by atoms with E-state index in [2.05, 4.69) is 10.6 Å². The van der Waals surface area contributed by atoms with Gasteiger partial charge in [-0.2, -0.15) is 0 Å². The average Bonchev–Trinajstić information content (AvgIpc) is 2.74. The van der Waals surface area contributed by atoms with Gasteiger partial charge < -0.3 is 42.1 Å². The van der Waals surface area contributed by atoms with Gasteiger partial charge in [0.25, 0.3) is 0 Å². The van der Waals surface area contributed by atoms with E-state index in [0.717, 1.165) is 0 Å². The summed E-state index contributed by atoms with van der Waals surface area (Å²) < 4.78 is 0. The second kappa shape index (κ2) is 12.9. The fourth-order valence-corrected chi connectivity index (χ4v) is 2.51. The third-order valence-electron chi connectivity index (χ3n) is 4.25. The minimum absolute atomic E-state index is 0.0579. The van der Waals surface area contributed by atoms with Crippen molar-refractivity contribution in [3.8, 4) is 5.75 Å². The van der Waals surface area contributed by atoms with Crippen LogP contribution in [0.2, 0.25) is 0 Å². The number of benzene rings is 1. The predicted molar refractivity (Wildman–Crippen MR) is 108 cm³/mol. The molecule has 176 valence electrons. The van der Waals surface area contributed by atoms with E-state index in [1.807, 2.05) is 5.32 Å². The Kier molecular flexibility index (Phi) is 10.6. The standard InChI is InChI=1S/C19H26N4O9/c20-12(7-10-1-3-11(25)4-2-10)17(29)21-8-15(26)22-14(9-24)18(30)23-13(19(31)32)5-6-16(27)28/h1-4,12-14,24-25H,5-9,20H2,(H,21,29)(H,22,26)(H,23,30)(H,27,28)(H,31,32). The van der Waals surface area contributed by atoms with E-state index in [4.69, 9.17) is 15.9 Å². The highest BCUT2D eigenvalue weighted by atomic mass is 16.4. The molecule has 0 saturated carbocycles. The first-order valence-corrected chi connectivity index (χ1v) is 9.49. The molecule has 0 aliphatic rings. The van der Waals surface area contributed by atoms with Crippen molar-refractivity contribution >= 4 is 29.7 Å². The van der Waals surface area contributed by atoms with Gasteiger partial charge in [0, 0.05) is 6.42 Å². The number of phenolic OH excluding ortho intramolecular Hbond substituents is 1. The Bertz CT molecular complexity index is 829. The molecule has 0 heterocycles. The Morgan fingerprint density at radius 3 is 2.09 bits per heavy atom. The van der Waals surface area contributed by atoms with Gasteiger partial charge in [0.2, 0.25) is 17.7 Å². The van der Waals surface area contributed by atoms with Crippen molar-refractivity contribution in [3.05, 3.63) is 29.8 Å². The number of amides is 3. The number of nitrogens with two attached hydrogens (primary N) is 1. The Labute approximate surface area is 182 Å². The van der Waals surface area contributed by atoms with Crippen molar-refractivity contribution in [1.82, 2.24) is 16.0 Å². The molecule has 0 aliphatic heterocycles. The normalized spacial score (nSPS) is 13.3. The molecule has 32 heavy (non-hydrogen) atoms. The van der Waals surface area contributed by atoms with Crippen molar-refractivity contribution in [3.63, 3.8) is 0 Å². The molecule has 0 radical (unpaired) electrons. The summed E-state index contributed by atoms with van der Waals surface area (Å²) in [6, 6.07) is 2.00. The fraction of sp³-hybridized carbons (Fsp3) is 0.421. The predicted octanol–water partition coefficient (Wildman–Crippen LogP) is -2.71. The van der Waals surface area contributed by atoms with E-state index in [1.54, 1.807) is 12.1 Å². The second-order valence-electron chi connectivity index (χ2n) is 6.83. The molecule has 1 aromatic rings. The van der Waals surface area contributed by atoms with Gasteiger partial charge in [-0.1, -0.05) is 12.1 Å². The minimum Gasteiger partial charge on any atom is -0.508 e. The number of rotatable bonds is 13. The number of carbonyl (C=O) groups excluding carboxylic acids is 3. The van der Waals surface area contributed by atoms with Crippen molar-refractivity contribution < 1.29 is 44.4 Å². The first kappa shape index (κ1) is 26.3. The summed E-state index contributed by atoms with van der Waals surface area (Å²) in [5, 5.41) is 42.7. The SMILES string of the molecule is NC(Cc1ccc(O)cc1)C(=O)NCC(=O)NC(CO)C(=O)NC(CCC(=O)O)C(=O)O. The van der Waals surface area contributed by atoms with Gasteiger partial charge in [0.05, 0.1) is 19.2 Å². The number of hydrogen-bond acceptors (Lipinski definition) is 8. The van der Waals surface area contributed by atoms with Crippen LogP contribution in [-0.2, 0) is 30.4 Å². The van der Waals surface area contributed by atoms with Crippen molar-refractivity contribution in [2.45, 2.75) is 37.4 Å². The van der Waals surface area contributed by atoms with Crippen LogP contribution in [-0.4, -0.2) is 81.4 Å². The smallest absolute Gasteiger partial charge is 0.326 e. The fourth-order valence-electron chi connectivity index (χ4n) is 2.51. The third-order valence-corrected chi connectivity index (χ3v) is 4.25. The maximum Gasteiger partial charge on any atom is 0.326 e. The number of aliphatic hydroxyl groups is 1. The largest absolute Gasteiger partial charge is 0.508 e. The van der Waals surface area contributed by atoms with E-state index in [-0.39, 0.29) is 12.2 Å². The lowest BCUT2D eigenvalue weighted by atomic mass is 10.1. The maximum absolute atomic E-state index is 12.1. The van der Waals surface area contributed by atoms with E-state index in [0.29, 0.717) is 5.56 Å². The summed E-state index contributed by atoms with van der Waals surface area (Å²) in [5.74, 6) is -5.20. The molecule has 3 atom stereocenters. The topological polar surface area (TPSA) is 228 Å². The van der Waals surface area contributed by atoms with Gasteiger partial charge in [-0.05, 0) is 30.5 Å². The molecule has 1 rings (SSSR count). The molecular weight excluding hydrogens is 428 g/mol. The number of nitrogens with one attached hydrogen (secondary N) is 3. The summed E-state index contributed by atoms with van der Waals surface area (Å²) >= 11 is 0. The highest BCUT2D eigenvalue weighted by Gasteiger charge is 2.26. The zero-order valence-corrected chi connectivity index (χ0v) is 17.0. The molecule has 13 nitrogen and oxygen atoms in total.